The molecule has 2 rings (SSSR count). The smallest absolute Gasteiger partial charge is 0.289 e. The van der Waals surface area contributed by atoms with Crippen LogP contribution in [0.1, 0.15) is 12.8 Å². The molecule has 1 aliphatic rings. The molecule has 1 unspecified atom stereocenters. The molecule has 0 saturated carbocycles. The summed E-state index contributed by atoms with van der Waals surface area (Å²) < 4.78 is 32.0. The van der Waals surface area contributed by atoms with Crippen LogP contribution < -0.4 is 4.72 Å². The van der Waals surface area contributed by atoms with Crippen LogP contribution in [0.2, 0.25) is 5.02 Å². The summed E-state index contributed by atoms with van der Waals surface area (Å²) in [6.07, 6.45) is 1.45. The fourth-order valence-electron chi connectivity index (χ4n) is 1.92. The van der Waals surface area contributed by atoms with E-state index in [-0.39, 0.29) is 16.0 Å². The highest BCUT2D eigenvalue weighted by molar-refractivity contribution is 7.89. The molecule has 110 valence electrons. The summed E-state index contributed by atoms with van der Waals surface area (Å²) >= 11 is 5.66. The zero-order valence-corrected chi connectivity index (χ0v) is 12.0. The molecule has 1 atom stereocenters. The molecule has 1 fully saturated rings. The van der Waals surface area contributed by atoms with E-state index in [9.17, 15) is 18.5 Å². The van der Waals surface area contributed by atoms with Crippen LogP contribution in [0.3, 0.4) is 0 Å². The fourth-order valence-corrected chi connectivity index (χ4v) is 3.38. The maximum atomic E-state index is 12.2. The Morgan fingerprint density at radius 3 is 2.80 bits per heavy atom. The minimum atomic E-state index is -3.83. The van der Waals surface area contributed by atoms with Gasteiger partial charge in [-0.1, -0.05) is 11.6 Å². The standard InChI is InChI=1S/C11H13ClN2O5S/c12-10-4-3-9(6-11(10)14(15)16)20(17,18)13-8-2-1-5-19-7-8/h3-4,6,8,13H,1-2,5,7H2. The molecule has 1 aliphatic heterocycles. The fraction of sp³-hybridized carbons (Fsp3) is 0.455. The van der Waals surface area contributed by atoms with Crippen molar-refractivity contribution in [3.05, 3.63) is 33.3 Å². The molecule has 1 saturated heterocycles. The molecule has 9 heteroatoms. The van der Waals surface area contributed by atoms with Gasteiger partial charge >= 0.3 is 0 Å². The lowest BCUT2D eigenvalue weighted by Crippen LogP contribution is -2.40. The number of benzene rings is 1. The second-order valence-corrected chi connectivity index (χ2v) is 6.53. The topological polar surface area (TPSA) is 98.5 Å². The van der Waals surface area contributed by atoms with Gasteiger partial charge in [-0.2, -0.15) is 0 Å². The molecule has 1 aromatic rings. The predicted octanol–water partition coefficient (Wildman–Crippen LogP) is 1.71. The molecule has 0 radical (unpaired) electrons. The number of hydrogen-bond acceptors (Lipinski definition) is 5. The molecule has 0 amide bonds. The molecule has 1 aromatic carbocycles. The normalized spacial score (nSPS) is 19.8. The van der Waals surface area contributed by atoms with E-state index < -0.39 is 20.6 Å². The van der Waals surface area contributed by atoms with Crippen LogP contribution in [-0.2, 0) is 14.8 Å². The van der Waals surface area contributed by atoms with E-state index in [1.807, 2.05) is 0 Å². The van der Waals surface area contributed by atoms with Crippen LogP contribution in [0.15, 0.2) is 23.1 Å². The molecular formula is C11H13ClN2O5S. The number of nitrogens with one attached hydrogen (secondary N) is 1. The number of ether oxygens (including phenoxy) is 1. The molecular weight excluding hydrogens is 308 g/mol. The van der Waals surface area contributed by atoms with Gasteiger partial charge < -0.3 is 4.74 Å². The third-order valence-corrected chi connectivity index (χ3v) is 4.74. The zero-order valence-electron chi connectivity index (χ0n) is 10.4. The van der Waals surface area contributed by atoms with E-state index in [2.05, 4.69) is 4.72 Å². The number of halogens is 1. The van der Waals surface area contributed by atoms with Crippen LogP contribution in [0.5, 0.6) is 0 Å². The quantitative estimate of drug-likeness (QED) is 0.672. The SMILES string of the molecule is O=[N+]([O-])c1cc(S(=O)(=O)NC2CCCOC2)ccc1Cl. The van der Waals surface area contributed by atoms with Crippen molar-refractivity contribution in [2.24, 2.45) is 0 Å². The molecule has 7 nitrogen and oxygen atoms in total. The van der Waals surface area contributed by atoms with Crippen LogP contribution in [-0.4, -0.2) is 32.6 Å². The highest BCUT2D eigenvalue weighted by atomic mass is 35.5. The molecule has 1 N–H and O–H groups in total. The van der Waals surface area contributed by atoms with Gasteiger partial charge in [0.2, 0.25) is 10.0 Å². The third-order valence-electron chi connectivity index (χ3n) is 2.91. The maximum absolute atomic E-state index is 12.2. The number of hydrogen-bond donors (Lipinski definition) is 1. The first kappa shape index (κ1) is 15.2. The number of nitro benzene ring substituents is 1. The van der Waals surface area contributed by atoms with Crippen molar-refractivity contribution in [2.45, 2.75) is 23.8 Å². The lowest BCUT2D eigenvalue weighted by Gasteiger charge is -2.22. The van der Waals surface area contributed by atoms with Crippen molar-refractivity contribution in [2.75, 3.05) is 13.2 Å². The summed E-state index contributed by atoms with van der Waals surface area (Å²) in [6.45, 7) is 0.916. The van der Waals surface area contributed by atoms with E-state index in [1.165, 1.54) is 12.1 Å². The van der Waals surface area contributed by atoms with Gasteiger partial charge in [0, 0.05) is 18.7 Å². The Hall–Kier alpha value is -1.22. The van der Waals surface area contributed by atoms with Gasteiger partial charge in [0.15, 0.2) is 0 Å². The number of sulfonamides is 1. The summed E-state index contributed by atoms with van der Waals surface area (Å²) in [5, 5.41) is 10.7. The Bertz CT molecular complexity index is 613. The maximum Gasteiger partial charge on any atom is 0.289 e. The first-order chi connectivity index (χ1) is 9.40. The van der Waals surface area contributed by atoms with E-state index in [0.717, 1.165) is 12.5 Å². The van der Waals surface area contributed by atoms with Crippen LogP contribution in [0.4, 0.5) is 5.69 Å². The summed E-state index contributed by atoms with van der Waals surface area (Å²) in [5.74, 6) is 0. The van der Waals surface area contributed by atoms with E-state index in [0.29, 0.717) is 19.6 Å². The van der Waals surface area contributed by atoms with Crippen molar-refractivity contribution in [3.63, 3.8) is 0 Å². The van der Waals surface area contributed by atoms with Gasteiger partial charge in [0.25, 0.3) is 5.69 Å². The first-order valence-electron chi connectivity index (χ1n) is 5.94. The van der Waals surface area contributed by atoms with E-state index >= 15 is 0 Å². The van der Waals surface area contributed by atoms with E-state index in [1.54, 1.807) is 0 Å². The van der Waals surface area contributed by atoms with E-state index in [4.69, 9.17) is 16.3 Å². The van der Waals surface area contributed by atoms with Gasteiger partial charge in [-0.05, 0) is 25.0 Å². The Morgan fingerprint density at radius 1 is 1.45 bits per heavy atom. The number of nitrogens with zero attached hydrogens (tertiary/aromatic N) is 1. The molecule has 0 bridgehead atoms. The van der Waals surface area contributed by atoms with Crippen molar-refractivity contribution in [3.8, 4) is 0 Å². The summed E-state index contributed by atoms with van der Waals surface area (Å²) in [5.41, 5.74) is -0.436. The van der Waals surface area contributed by atoms with Crippen LogP contribution in [0, 0.1) is 10.1 Å². The van der Waals surface area contributed by atoms with Gasteiger partial charge in [0.05, 0.1) is 16.4 Å². The largest absolute Gasteiger partial charge is 0.380 e. The monoisotopic (exact) mass is 320 g/mol. The lowest BCUT2D eigenvalue weighted by atomic mass is 10.1. The highest BCUT2D eigenvalue weighted by Crippen LogP contribution is 2.27. The minimum Gasteiger partial charge on any atom is -0.380 e. The molecule has 20 heavy (non-hydrogen) atoms. The Kier molecular flexibility index (Phi) is 4.59. The Labute approximate surface area is 121 Å². The summed E-state index contributed by atoms with van der Waals surface area (Å²) in [4.78, 5) is 9.88. The highest BCUT2D eigenvalue weighted by Gasteiger charge is 2.24. The average Bonchev–Trinajstić information content (AvgIpc) is 2.39. The Balaban J connectivity index is 2.24. The first-order valence-corrected chi connectivity index (χ1v) is 7.80. The summed E-state index contributed by atoms with van der Waals surface area (Å²) in [6, 6.07) is 3.07. The molecule has 1 heterocycles. The van der Waals surface area contributed by atoms with Crippen LogP contribution in [0.25, 0.3) is 0 Å². The predicted molar refractivity (Wildman–Crippen MR) is 72.3 cm³/mol. The lowest BCUT2D eigenvalue weighted by molar-refractivity contribution is -0.384. The van der Waals surface area contributed by atoms with Crippen molar-refractivity contribution >= 4 is 27.3 Å². The van der Waals surface area contributed by atoms with Gasteiger partial charge in [-0.15, -0.1) is 0 Å². The summed E-state index contributed by atoms with van der Waals surface area (Å²) in [7, 11) is -3.83. The minimum absolute atomic E-state index is 0.102. The molecule has 0 aromatic heterocycles. The van der Waals surface area contributed by atoms with Crippen molar-refractivity contribution in [1.82, 2.24) is 4.72 Å². The Morgan fingerprint density at radius 2 is 2.20 bits per heavy atom. The second kappa shape index (κ2) is 6.04. The van der Waals surface area contributed by atoms with Gasteiger partial charge in [-0.3, -0.25) is 10.1 Å². The van der Waals surface area contributed by atoms with Crippen molar-refractivity contribution in [1.29, 1.82) is 0 Å². The number of nitro groups is 1. The average molecular weight is 321 g/mol. The zero-order chi connectivity index (χ0) is 14.8. The van der Waals surface area contributed by atoms with Crippen molar-refractivity contribution < 1.29 is 18.1 Å². The second-order valence-electron chi connectivity index (χ2n) is 4.41. The van der Waals surface area contributed by atoms with Gasteiger partial charge in [-0.25, -0.2) is 13.1 Å². The number of rotatable bonds is 4. The van der Waals surface area contributed by atoms with Crippen LogP contribution >= 0.6 is 11.6 Å². The molecule has 0 spiro atoms. The van der Waals surface area contributed by atoms with Gasteiger partial charge in [0.1, 0.15) is 5.02 Å². The molecule has 0 aliphatic carbocycles. The third kappa shape index (κ3) is 3.45.